The largest absolute Gasteiger partial charge is 0.151 e. The zero-order valence-corrected chi connectivity index (χ0v) is 17.5. The van der Waals surface area contributed by atoms with Gasteiger partial charge in [-0.15, -0.1) is 0 Å². The lowest BCUT2D eigenvalue weighted by molar-refractivity contribution is 0.672. The Morgan fingerprint density at radius 1 is 0.500 bits per heavy atom. The van der Waals surface area contributed by atoms with Crippen molar-refractivity contribution in [3.05, 3.63) is 102 Å². The number of benzene rings is 3. The van der Waals surface area contributed by atoms with Gasteiger partial charge in [0.1, 0.15) is 0 Å². The predicted octanol–water partition coefficient (Wildman–Crippen LogP) is 5.19. The highest BCUT2D eigenvalue weighted by Crippen LogP contribution is 2.47. The molecule has 0 aromatic heterocycles. The van der Waals surface area contributed by atoms with Gasteiger partial charge in [0.25, 0.3) is 0 Å². The lowest BCUT2D eigenvalue weighted by atomic mass is 9.94. The molecule has 28 heavy (non-hydrogen) atoms. The van der Waals surface area contributed by atoms with Gasteiger partial charge in [-0.2, -0.15) is 0 Å². The van der Waals surface area contributed by atoms with Gasteiger partial charge >= 0.3 is 0 Å². The van der Waals surface area contributed by atoms with Gasteiger partial charge in [-0.1, -0.05) is 102 Å². The van der Waals surface area contributed by atoms with Crippen LogP contribution in [0.25, 0.3) is 0 Å². The number of rotatable bonds is 4. The van der Waals surface area contributed by atoms with Crippen molar-refractivity contribution in [1.29, 1.82) is 0 Å². The maximum absolute atomic E-state index is 2.41. The molecule has 0 fully saturated rings. The minimum absolute atomic E-state index is 0.725. The zero-order chi connectivity index (χ0) is 18.8. The average molecular weight is 381 g/mol. The first-order chi connectivity index (χ1) is 13.9. The first-order valence-corrected chi connectivity index (χ1v) is 12.8. The van der Waals surface area contributed by atoms with Crippen molar-refractivity contribution in [3.63, 3.8) is 0 Å². The molecular weight excluding hydrogens is 352 g/mol. The summed E-state index contributed by atoms with van der Waals surface area (Å²) in [6.45, 7) is 0. The first-order valence-electron chi connectivity index (χ1n) is 10.8. The van der Waals surface area contributed by atoms with E-state index in [9.17, 15) is 0 Å². The van der Waals surface area contributed by atoms with Crippen molar-refractivity contribution >= 4 is 23.6 Å². The zero-order valence-electron chi connectivity index (χ0n) is 16.5. The molecule has 3 aromatic carbocycles. The summed E-state index contributed by atoms with van der Waals surface area (Å²) in [5.74, 6) is 0. The maximum atomic E-state index is 2.41. The summed E-state index contributed by atoms with van der Waals surface area (Å²) >= 11 is 0. The number of hydrogen-bond donors (Lipinski definition) is 0. The fourth-order valence-electron chi connectivity index (χ4n) is 5.81. The molecule has 1 heteroatoms. The van der Waals surface area contributed by atoms with Crippen molar-refractivity contribution in [2.24, 2.45) is 0 Å². The van der Waals surface area contributed by atoms with Crippen LogP contribution in [-0.4, -0.2) is 8.07 Å². The van der Waals surface area contributed by atoms with Crippen LogP contribution in [0.3, 0.4) is 0 Å². The molecular formula is C27H28Si. The molecule has 0 N–H and O–H groups in total. The van der Waals surface area contributed by atoms with Crippen molar-refractivity contribution in [2.45, 2.75) is 44.1 Å². The van der Waals surface area contributed by atoms with E-state index in [1.165, 1.54) is 38.5 Å². The third kappa shape index (κ3) is 2.89. The van der Waals surface area contributed by atoms with Crippen LogP contribution in [0.2, 0.25) is 5.54 Å². The van der Waals surface area contributed by atoms with Gasteiger partial charge in [-0.05, 0) is 59.6 Å². The number of allylic oxidation sites excluding steroid dienone is 2. The SMILES string of the molecule is c1ccc([Si](c2ccccc2)(c2ccccc2)C2CC3=C(CCCC3)C2)cc1. The van der Waals surface area contributed by atoms with E-state index in [1.54, 1.807) is 26.7 Å². The Hall–Kier alpha value is -2.38. The van der Waals surface area contributed by atoms with Crippen LogP contribution in [0.1, 0.15) is 38.5 Å². The molecule has 2 aliphatic carbocycles. The third-order valence-electron chi connectivity index (χ3n) is 6.99. The molecule has 0 aliphatic heterocycles. The van der Waals surface area contributed by atoms with Gasteiger partial charge in [-0.25, -0.2) is 0 Å². The molecule has 0 unspecified atom stereocenters. The van der Waals surface area contributed by atoms with Crippen LogP contribution < -0.4 is 15.6 Å². The Kier molecular flexibility index (Phi) is 4.78. The smallest absolute Gasteiger partial charge is 0.0710 e. The van der Waals surface area contributed by atoms with Crippen LogP contribution in [0.5, 0.6) is 0 Å². The summed E-state index contributed by atoms with van der Waals surface area (Å²) in [5.41, 5.74) is 4.33. The van der Waals surface area contributed by atoms with E-state index in [4.69, 9.17) is 0 Å². The first kappa shape index (κ1) is 17.7. The standard InChI is InChI=1S/C27H28Si/c1-4-14-24(15-5-1)28(25-16-6-2-7-17-25,26-18-8-3-9-19-26)27-20-22-12-10-11-13-23(22)21-27/h1-9,14-19,27H,10-13,20-21H2. The fraction of sp³-hybridized carbons (Fsp3) is 0.259. The van der Waals surface area contributed by atoms with Gasteiger partial charge < -0.3 is 0 Å². The van der Waals surface area contributed by atoms with E-state index in [1.807, 2.05) is 0 Å². The summed E-state index contributed by atoms with van der Waals surface area (Å²) in [6.07, 6.45) is 8.08. The quantitative estimate of drug-likeness (QED) is 0.332. The van der Waals surface area contributed by atoms with Gasteiger partial charge in [0.2, 0.25) is 0 Å². The Labute approximate surface area is 170 Å². The summed E-state index contributed by atoms with van der Waals surface area (Å²) in [5, 5.41) is 4.70. The Morgan fingerprint density at radius 2 is 0.857 bits per heavy atom. The molecule has 0 nitrogen and oxygen atoms in total. The second-order valence-electron chi connectivity index (χ2n) is 8.43. The summed E-state index contributed by atoms with van der Waals surface area (Å²) < 4.78 is 0. The summed E-state index contributed by atoms with van der Waals surface area (Å²) in [6, 6.07) is 34.4. The van der Waals surface area contributed by atoms with Gasteiger partial charge in [0, 0.05) is 0 Å². The van der Waals surface area contributed by atoms with Crippen LogP contribution in [0.15, 0.2) is 102 Å². The van der Waals surface area contributed by atoms with Crippen LogP contribution in [-0.2, 0) is 0 Å². The van der Waals surface area contributed by atoms with Crippen molar-refractivity contribution in [1.82, 2.24) is 0 Å². The predicted molar refractivity (Wildman–Crippen MR) is 122 cm³/mol. The van der Waals surface area contributed by atoms with Crippen LogP contribution in [0, 0.1) is 0 Å². The summed E-state index contributed by atoms with van der Waals surface area (Å²) in [7, 11) is -2.12. The van der Waals surface area contributed by atoms with Gasteiger partial charge in [-0.3, -0.25) is 0 Å². The van der Waals surface area contributed by atoms with Gasteiger partial charge in [0.15, 0.2) is 8.07 Å². The van der Waals surface area contributed by atoms with Crippen LogP contribution in [0.4, 0.5) is 0 Å². The normalized spacial score (nSPS) is 17.6. The molecule has 0 amide bonds. The van der Waals surface area contributed by atoms with Crippen LogP contribution >= 0.6 is 0 Å². The van der Waals surface area contributed by atoms with Crippen molar-refractivity contribution in [3.8, 4) is 0 Å². The maximum Gasteiger partial charge on any atom is 0.151 e. The minimum atomic E-state index is -2.12. The molecule has 3 aromatic rings. The Balaban J connectivity index is 1.74. The Bertz CT molecular complexity index is 842. The van der Waals surface area contributed by atoms with Crippen molar-refractivity contribution in [2.75, 3.05) is 0 Å². The molecule has 2 aliphatic rings. The minimum Gasteiger partial charge on any atom is -0.0710 e. The average Bonchev–Trinajstić information content (AvgIpc) is 3.21. The highest BCUT2D eigenvalue weighted by atomic mass is 28.3. The lowest BCUT2D eigenvalue weighted by Crippen LogP contribution is -2.69. The molecule has 0 bridgehead atoms. The molecule has 0 atom stereocenters. The molecule has 5 rings (SSSR count). The second kappa shape index (κ2) is 7.56. The molecule has 0 heterocycles. The highest BCUT2D eigenvalue weighted by molar-refractivity contribution is 7.12. The monoisotopic (exact) mass is 380 g/mol. The van der Waals surface area contributed by atoms with E-state index >= 15 is 0 Å². The summed E-state index contributed by atoms with van der Waals surface area (Å²) in [4.78, 5) is 0. The topological polar surface area (TPSA) is 0 Å². The number of hydrogen-bond acceptors (Lipinski definition) is 0. The highest BCUT2D eigenvalue weighted by Gasteiger charge is 2.48. The molecule has 0 saturated carbocycles. The van der Waals surface area contributed by atoms with E-state index in [0.29, 0.717) is 0 Å². The molecule has 140 valence electrons. The lowest BCUT2D eigenvalue weighted by Gasteiger charge is -2.39. The Morgan fingerprint density at radius 3 is 1.21 bits per heavy atom. The van der Waals surface area contributed by atoms with E-state index in [-0.39, 0.29) is 0 Å². The van der Waals surface area contributed by atoms with E-state index < -0.39 is 8.07 Å². The van der Waals surface area contributed by atoms with Crippen molar-refractivity contribution < 1.29 is 0 Å². The van der Waals surface area contributed by atoms with E-state index in [0.717, 1.165) is 5.54 Å². The molecule has 0 saturated heterocycles. The second-order valence-corrected chi connectivity index (χ2v) is 12.6. The molecule has 0 spiro atoms. The van der Waals surface area contributed by atoms with Gasteiger partial charge in [0.05, 0.1) is 0 Å². The third-order valence-corrected chi connectivity index (χ3v) is 12.4. The fourth-order valence-corrected chi connectivity index (χ4v) is 11.5. The molecule has 0 radical (unpaired) electrons. The van der Waals surface area contributed by atoms with E-state index in [2.05, 4.69) is 91.0 Å².